The van der Waals surface area contributed by atoms with Crippen molar-refractivity contribution in [3.05, 3.63) is 69.2 Å². The minimum absolute atomic E-state index is 0.00884. The summed E-state index contributed by atoms with van der Waals surface area (Å²) >= 11 is 0. The molecule has 2 aromatic heterocycles. The largest absolute Gasteiger partial charge is 0.493 e. The number of carbonyl (C=O) groups excluding carboxylic acids is 1. The average molecular weight is 622 g/mol. The van der Waals surface area contributed by atoms with E-state index in [0.29, 0.717) is 62.7 Å². The van der Waals surface area contributed by atoms with Crippen molar-refractivity contribution in [2.45, 2.75) is 104 Å². The van der Waals surface area contributed by atoms with Crippen molar-refractivity contribution in [2.24, 2.45) is 7.05 Å². The first-order valence-corrected chi connectivity index (χ1v) is 16.0. The van der Waals surface area contributed by atoms with Crippen LogP contribution in [-0.4, -0.2) is 50.3 Å². The lowest BCUT2D eigenvalue weighted by Crippen LogP contribution is -2.18. The minimum Gasteiger partial charge on any atom is -0.493 e. The molecule has 1 unspecified atom stereocenters. The van der Waals surface area contributed by atoms with Crippen LogP contribution in [0, 0.1) is 0 Å². The van der Waals surface area contributed by atoms with Crippen LogP contribution in [0.1, 0.15) is 112 Å². The highest BCUT2D eigenvalue weighted by molar-refractivity contribution is 5.81. The summed E-state index contributed by atoms with van der Waals surface area (Å²) in [6, 6.07) is 7.26. The molecule has 1 aliphatic rings. The first kappa shape index (κ1) is 33.6. The molecule has 45 heavy (non-hydrogen) atoms. The Bertz CT molecular complexity index is 1690. The maximum absolute atomic E-state index is 13.8. The number of hydrogen-bond acceptors (Lipinski definition) is 7. The first-order chi connectivity index (χ1) is 21.5. The topological polar surface area (TPSA) is 169 Å². The summed E-state index contributed by atoms with van der Waals surface area (Å²) in [6.07, 6.45) is 6.06. The molecule has 1 aliphatic heterocycles. The molecule has 0 saturated carbocycles. The number of aliphatic hydroxyl groups is 1. The summed E-state index contributed by atoms with van der Waals surface area (Å²) in [7, 11) is 1.92. The van der Waals surface area contributed by atoms with Crippen LogP contribution in [0.15, 0.2) is 35.3 Å². The Hall–Kier alpha value is -4.25. The lowest BCUT2D eigenvalue weighted by molar-refractivity contribution is -0.118. The quantitative estimate of drug-likeness (QED) is 0.148. The van der Waals surface area contributed by atoms with Gasteiger partial charge in [0.1, 0.15) is 23.3 Å². The van der Waals surface area contributed by atoms with Gasteiger partial charge >= 0.3 is 0 Å². The molecule has 0 amide bonds. The molecule has 3 aromatic rings. The van der Waals surface area contributed by atoms with Gasteiger partial charge < -0.3 is 39.5 Å². The summed E-state index contributed by atoms with van der Waals surface area (Å²) in [5, 5.41) is 46.8. The monoisotopic (exact) mass is 621 g/mol. The van der Waals surface area contributed by atoms with E-state index in [1.807, 2.05) is 50.7 Å². The lowest BCUT2D eigenvalue weighted by atomic mass is 10.0. The van der Waals surface area contributed by atoms with Crippen LogP contribution in [0.4, 0.5) is 0 Å². The van der Waals surface area contributed by atoms with Crippen LogP contribution in [0.2, 0.25) is 0 Å². The van der Waals surface area contributed by atoms with E-state index in [4.69, 9.17) is 0 Å². The Balaban J connectivity index is 1.97. The van der Waals surface area contributed by atoms with Gasteiger partial charge in [-0.15, -0.1) is 0 Å². The second-order valence-electron chi connectivity index (χ2n) is 11.9. The van der Waals surface area contributed by atoms with E-state index in [1.165, 1.54) is 0 Å². The normalized spacial score (nSPS) is 14.0. The molecular formula is C34H47N5O6. The number of aryl methyl sites for hydroxylation is 2. The van der Waals surface area contributed by atoms with Gasteiger partial charge in [-0.25, -0.2) is 4.98 Å². The van der Waals surface area contributed by atoms with Gasteiger partial charge in [0.05, 0.1) is 11.4 Å². The van der Waals surface area contributed by atoms with Gasteiger partial charge in [-0.05, 0) is 74.1 Å². The van der Waals surface area contributed by atoms with Crippen molar-refractivity contribution >= 4 is 16.7 Å². The Morgan fingerprint density at radius 2 is 1.82 bits per heavy atom. The van der Waals surface area contributed by atoms with Crippen molar-refractivity contribution in [3.8, 4) is 17.6 Å². The summed E-state index contributed by atoms with van der Waals surface area (Å²) in [5.41, 5.74) is 1.17. The number of nitrogens with zero attached hydrogens (tertiary/aromatic N) is 3. The minimum atomic E-state index is -1.45. The number of ketones is 1. The van der Waals surface area contributed by atoms with Gasteiger partial charge in [0.15, 0.2) is 0 Å². The number of aliphatic hydroxyl groups excluding tert-OH is 1. The smallest absolute Gasteiger partial charge is 0.270 e. The molecule has 4 rings (SSSR count). The summed E-state index contributed by atoms with van der Waals surface area (Å²) in [4.78, 5) is 35.5. The van der Waals surface area contributed by atoms with Gasteiger partial charge in [-0.1, -0.05) is 33.3 Å². The van der Waals surface area contributed by atoms with Crippen LogP contribution in [0.25, 0.3) is 10.9 Å². The van der Waals surface area contributed by atoms with Crippen molar-refractivity contribution in [1.29, 1.82) is 0 Å². The molecular weight excluding hydrogens is 574 g/mol. The third-order valence-electron chi connectivity index (χ3n) is 8.75. The molecule has 0 spiro atoms. The fourth-order valence-corrected chi connectivity index (χ4v) is 5.71. The number of H-pyrrole nitrogens is 2. The standard InChI is InChI=1S/C34H47N5O6/c1-5-21(3)28-34(45)39-18-11-10-14-27(39)32(43)35-25(13-9-7-8-12-24(40)6-2)31(42)37-29(33(44)36-28)30(41)23-15-16-26-22(20-23)17-19-38(26)4/h15-17,19-21,30,36,41,43-45H,5-14,18H2,1-4H3,(H,37,42)/t21-,30?/m0/s1. The van der Waals surface area contributed by atoms with Crippen molar-refractivity contribution < 1.29 is 25.2 Å². The molecule has 1 aromatic carbocycles. The first-order valence-electron chi connectivity index (χ1n) is 16.0. The Morgan fingerprint density at radius 1 is 1.04 bits per heavy atom. The van der Waals surface area contributed by atoms with Gasteiger partial charge in [0.25, 0.3) is 5.56 Å². The maximum Gasteiger partial charge on any atom is 0.270 e. The molecule has 2 atom stereocenters. The van der Waals surface area contributed by atoms with Crippen molar-refractivity contribution in [3.63, 3.8) is 0 Å². The fraction of sp³-hybridized carbons (Fsp3) is 0.500. The number of aromatic nitrogens is 5. The zero-order chi connectivity index (χ0) is 32.7. The molecule has 0 fully saturated rings. The number of carbonyl (C=O) groups is 1. The summed E-state index contributed by atoms with van der Waals surface area (Å²) in [5.74, 6) is -1.12. The van der Waals surface area contributed by atoms with Gasteiger partial charge in [0, 0.05) is 44.1 Å². The van der Waals surface area contributed by atoms with E-state index in [2.05, 4.69) is 15.0 Å². The summed E-state index contributed by atoms with van der Waals surface area (Å²) in [6.45, 7) is 6.06. The molecule has 0 radical (unpaired) electrons. The number of benzene rings is 1. The molecule has 11 nitrogen and oxygen atoms in total. The van der Waals surface area contributed by atoms with Crippen LogP contribution >= 0.6 is 0 Å². The second-order valence-corrected chi connectivity index (χ2v) is 11.9. The molecule has 6 N–H and O–H groups in total. The number of Topliss-reactive ketones (excluding diaryl/α,β-unsaturated/α-hetero) is 1. The third-order valence-corrected chi connectivity index (χ3v) is 8.75. The number of unbranched alkanes of at least 4 members (excludes halogenated alkanes) is 2. The number of rotatable bonds is 11. The predicted molar refractivity (Wildman–Crippen MR) is 174 cm³/mol. The van der Waals surface area contributed by atoms with Crippen LogP contribution < -0.4 is 5.56 Å². The van der Waals surface area contributed by atoms with Gasteiger partial charge in [-0.2, -0.15) is 0 Å². The molecule has 11 heteroatoms. The molecule has 244 valence electrons. The molecule has 0 saturated heterocycles. The number of nitrogens with one attached hydrogen (secondary N) is 2. The van der Waals surface area contributed by atoms with Gasteiger partial charge in [0.2, 0.25) is 17.6 Å². The van der Waals surface area contributed by atoms with E-state index in [1.54, 1.807) is 16.7 Å². The van der Waals surface area contributed by atoms with Crippen molar-refractivity contribution in [2.75, 3.05) is 0 Å². The highest BCUT2D eigenvalue weighted by Crippen LogP contribution is 2.33. The van der Waals surface area contributed by atoms with Crippen LogP contribution in [0.3, 0.4) is 0 Å². The van der Waals surface area contributed by atoms with E-state index >= 15 is 0 Å². The Morgan fingerprint density at radius 3 is 2.56 bits per heavy atom. The highest BCUT2D eigenvalue weighted by atomic mass is 16.3. The molecule has 3 heterocycles. The average Bonchev–Trinajstić information content (AvgIpc) is 3.42. The molecule has 0 aliphatic carbocycles. The van der Waals surface area contributed by atoms with E-state index in [9.17, 15) is 30.0 Å². The second kappa shape index (κ2) is 15.2. The zero-order valence-corrected chi connectivity index (χ0v) is 26.8. The number of aromatic amines is 2. The number of hydrogen-bond donors (Lipinski definition) is 6. The van der Waals surface area contributed by atoms with E-state index in [0.717, 1.165) is 23.7 Å². The summed E-state index contributed by atoms with van der Waals surface area (Å²) < 4.78 is 3.53. The highest BCUT2D eigenvalue weighted by Gasteiger charge is 2.22. The fourth-order valence-electron chi connectivity index (χ4n) is 5.71. The Kier molecular flexibility index (Phi) is 11.3. The Labute approximate surface area is 263 Å². The maximum atomic E-state index is 13.8. The predicted octanol–water partition coefficient (Wildman–Crippen LogP) is 5.77. The van der Waals surface area contributed by atoms with Crippen LogP contribution in [0.5, 0.6) is 17.6 Å². The van der Waals surface area contributed by atoms with E-state index in [-0.39, 0.29) is 47.0 Å². The van der Waals surface area contributed by atoms with E-state index < -0.39 is 17.5 Å². The SMILES string of the molecule is CCC(=O)CCCCCc1nc(O)c2n(c(O)c([C@@H](C)CC)[nH]c(O)c(C(O)c3ccc4c(ccn4C)c3)[nH]c1=O)CCCC2. The van der Waals surface area contributed by atoms with Crippen molar-refractivity contribution in [1.82, 2.24) is 24.1 Å². The van der Waals surface area contributed by atoms with Gasteiger partial charge in [-0.3, -0.25) is 9.59 Å². The lowest BCUT2D eigenvalue weighted by Gasteiger charge is -2.22. The number of aromatic hydroxyl groups is 3. The molecule has 0 bridgehead atoms. The van der Waals surface area contributed by atoms with Crippen LogP contribution in [-0.2, 0) is 31.2 Å². The third kappa shape index (κ3) is 7.89. The number of fused-ring (bicyclic) bond motifs is 2. The zero-order valence-electron chi connectivity index (χ0n) is 26.8.